The van der Waals surface area contributed by atoms with Gasteiger partial charge in [-0.05, 0) is 17.2 Å². The molecule has 0 bridgehead atoms. The van der Waals surface area contributed by atoms with Gasteiger partial charge in [-0.3, -0.25) is 19.2 Å². The molecule has 1 aromatic carbocycles. The normalized spacial score (nSPS) is 22.9. The molecule has 1 aliphatic rings. The van der Waals surface area contributed by atoms with Crippen molar-refractivity contribution in [3.63, 3.8) is 0 Å². The van der Waals surface area contributed by atoms with Crippen LogP contribution in [-0.4, -0.2) is 79.7 Å². The minimum atomic E-state index is -2.36. The Bertz CT molecular complexity index is 1240. The summed E-state index contributed by atoms with van der Waals surface area (Å²) in [5.74, 6) is -6.62. The van der Waals surface area contributed by atoms with E-state index in [9.17, 15) is 24.0 Å². The zero-order chi connectivity index (χ0) is 31.6. The fourth-order valence-corrected chi connectivity index (χ4v) is 4.71. The first-order valence-electron chi connectivity index (χ1n) is 12.4. The van der Waals surface area contributed by atoms with Crippen molar-refractivity contribution in [2.45, 2.75) is 77.0 Å². The number of halogens is 2. The summed E-state index contributed by atoms with van der Waals surface area (Å²) < 4.78 is 33.3. The molecule has 230 valence electrons. The number of carbonyl (C=O) groups excluding carboxylic acids is 5. The number of hydrogen-bond donors (Lipinski definition) is 1. The Morgan fingerprint density at radius 3 is 2.33 bits per heavy atom. The van der Waals surface area contributed by atoms with E-state index in [0.29, 0.717) is 5.56 Å². The van der Waals surface area contributed by atoms with Crippen LogP contribution in [0.5, 0.6) is 0 Å². The van der Waals surface area contributed by atoms with Crippen LogP contribution in [0.1, 0.15) is 39.7 Å². The number of nitrogens with zero attached hydrogens (tertiary/aromatic N) is 3. The molecule has 1 fully saturated rings. The Hall–Kier alpha value is -3.62. The van der Waals surface area contributed by atoms with Gasteiger partial charge in [0.25, 0.3) is 5.79 Å². The highest BCUT2D eigenvalue weighted by Gasteiger charge is 2.59. The molecule has 0 aromatic heterocycles. The number of hydrogen-bond acceptors (Lipinski definition) is 12. The van der Waals surface area contributed by atoms with Gasteiger partial charge in [-0.1, -0.05) is 40.4 Å². The fraction of sp³-hybridized carbons (Fsp3) is 0.560. The van der Waals surface area contributed by atoms with Gasteiger partial charge in [0.2, 0.25) is 5.91 Å². The highest BCUT2D eigenvalue weighted by molar-refractivity contribution is 6.42. The van der Waals surface area contributed by atoms with Gasteiger partial charge >= 0.3 is 23.9 Å². The highest BCUT2D eigenvalue weighted by atomic mass is 35.5. The van der Waals surface area contributed by atoms with Gasteiger partial charge in [-0.15, -0.1) is 0 Å². The topological polar surface area (TPSA) is 202 Å². The third-order valence-corrected chi connectivity index (χ3v) is 6.72. The first-order chi connectivity index (χ1) is 19.7. The number of amides is 1. The molecule has 1 aromatic rings. The van der Waals surface area contributed by atoms with Crippen LogP contribution < -0.4 is 5.32 Å². The largest absolute Gasteiger partial charge is 0.465 e. The molecule has 1 aliphatic heterocycles. The van der Waals surface area contributed by atoms with E-state index in [-0.39, 0.29) is 16.7 Å². The quantitative estimate of drug-likeness (QED) is 0.117. The van der Waals surface area contributed by atoms with Crippen LogP contribution in [0.2, 0.25) is 10.0 Å². The molecule has 42 heavy (non-hydrogen) atoms. The van der Waals surface area contributed by atoms with Crippen LogP contribution in [0.4, 0.5) is 0 Å². The van der Waals surface area contributed by atoms with Gasteiger partial charge in [-0.25, -0.2) is 4.79 Å². The van der Waals surface area contributed by atoms with Gasteiger partial charge in [0.15, 0.2) is 6.10 Å². The third kappa shape index (κ3) is 9.19. The zero-order valence-corrected chi connectivity index (χ0v) is 24.8. The van der Waals surface area contributed by atoms with Gasteiger partial charge in [0.1, 0.15) is 18.3 Å². The van der Waals surface area contributed by atoms with Crippen molar-refractivity contribution < 1.29 is 52.4 Å². The second-order valence-electron chi connectivity index (χ2n) is 9.04. The van der Waals surface area contributed by atoms with Crippen molar-refractivity contribution in [1.29, 1.82) is 0 Å². The number of benzene rings is 1. The molecule has 15 nitrogen and oxygen atoms in total. The molecule has 6 atom stereocenters. The van der Waals surface area contributed by atoms with E-state index < -0.39 is 79.0 Å². The van der Waals surface area contributed by atoms with Crippen LogP contribution in [0.25, 0.3) is 10.4 Å². The van der Waals surface area contributed by atoms with Crippen LogP contribution in [0.3, 0.4) is 0 Å². The van der Waals surface area contributed by atoms with Crippen molar-refractivity contribution in [2.24, 2.45) is 5.11 Å². The van der Waals surface area contributed by atoms with E-state index in [4.69, 9.17) is 57.2 Å². The summed E-state index contributed by atoms with van der Waals surface area (Å²) in [4.78, 5) is 64.6. The highest BCUT2D eigenvalue weighted by Crippen LogP contribution is 2.38. The van der Waals surface area contributed by atoms with E-state index >= 15 is 0 Å². The van der Waals surface area contributed by atoms with Crippen LogP contribution in [0, 0.1) is 0 Å². The molecule has 17 heteroatoms. The molecule has 1 saturated heterocycles. The number of rotatable bonds is 12. The molecule has 1 heterocycles. The number of nitrogens with one attached hydrogen (secondary N) is 1. The van der Waals surface area contributed by atoms with Crippen molar-refractivity contribution in [1.82, 2.24) is 5.32 Å². The van der Waals surface area contributed by atoms with Gasteiger partial charge < -0.3 is 33.7 Å². The SMILES string of the molecule is COC(=O)[C@@]1(OCc2cccc(Cl)c2Cl)C[C@H](OC(C)=O)[C@@H](NC(C)=O)[C@H]([C@H](OC(C)=O)[C@@H](CN=[N+]=[N-])OC(C)=O)O1. The maximum Gasteiger partial charge on any atom is 0.366 e. The second kappa shape index (κ2) is 15.6. The fourth-order valence-electron chi connectivity index (χ4n) is 4.33. The van der Waals surface area contributed by atoms with Gasteiger partial charge in [0, 0.05) is 32.6 Å². The number of carbonyl (C=O) groups is 5. The Morgan fingerprint density at radius 1 is 1.12 bits per heavy atom. The monoisotopic (exact) mass is 632 g/mol. The molecule has 1 N–H and O–H groups in total. The summed E-state index contributed by atoms with van der Waals surface area (Å²) in [6, 6.07) is 3.39. The first-order valence-corrected chi connectivity index (χ1v) is 13.1. The number of methoxy groups -OCH3 is 1. The standard InChI is InChI=1S/C25H30Cl2N4O11/c1-12(32)30-21-18(39-13(2)33)9-25(24(36)37-5,38-11-16-7-6-8-17(26)20(16)27)42-23(21)22(41-15(4)35)19(10-29-31-28)40-14(3)34/h6-8,18-19,21-23H,9-11H2,1-5H3,(H,30,32)/t18-,19+,21+,22+,23+,25+/m0/s1. The lowest BCUT2D eigenvalue weighted by Crippen LogP contribution is -2.69. The third-order valence-electron chi connectivity index (χ3n) is 5.86. The van der Waals surface area contributed by atoms with E-state index in [0.717, 1.165) is 34.8 Å². The summed E-state index contributed by atoms with van der Waals surface area (Å²) in [7, 11) is 1.05. The van der Waals surface area contributed by atoms with Crippen molar-refractivity contribution in [3.05, 3.63) is 44.3 Å². The lowest BCUT2D eigenvalue weighted by molar-refractivity contribution is -0.316. The Morgan fingerprint density at radius 2 is 1.79 bits per heavy atom. The van der Waals surface area contributed by atoms with E-state index in [1.54, 1.807) is 12.1 Å². The lowest BCUT2D eigenvalue weighted by Gasteiger charge is -2.48. The Kier molecular flexibility index (Phi) is 12.8. The van der Waals surface area contributed by atoms with Gasteiger partial charge in [0.05, 0.1) is 42.8 Å². The molecular weight excluding hydrogens is 603 g/mol. The first kappa shape index (κ1) is 34.6. The number of esters is 4. The number of azide groups is 1. The van der Waals surface area contributed by atoms with Crippen molar-refractivity contribution in [2.75, 3.05) is 13.7 Å². The summed E-state index contributed by atoms with van der Waals surface area (Å²) in [5, 5.41) is 6.31. The Balaban J connectivity index is 2.75. The van der Waals surface area contributed by atoms with E-state index in [1.807, 2.05) is 0 Å². The van der Waals surface area contributed by atoms with Gasteiger partial charge in [-0.2, -0.15) is 0 Å². The van der Waals surface area contributed by atoms with E-state index in [1.165, 1.54) is 6.07 Å². The molecule has 0 radical (unpaired) electrons. The maximum absolute atomic E-state index is 13.3. The average Bonchev–Trinajstić information content (AvgIpc) is 2.90. The molecule has 1 amide bonds. The lowest BCUT2D eigenvalue weighted by atomic mass is 9.87. The second-order valence-corrected chi connectivity index (χ2v) is 9.83. The molecule has 2 rings (SSSR count). The molecule has 0 unspecified atom stereocenters. The predicted molar refractivity (Wildman–Crippen MR) is 144 cm³/mol. The van der Waals surface area contributed by atoms with Crippen LogP contribution in [-0.2, 0) is 59.0 Å². The number of ether oxygens (including phenoxy) is 6. The smallest absolute Gasteiger partial charge is 0.366 e. The van der Waals surface area contributed by atoms with Crippen LogP contribution >= 0.6 is 23.2 Å². The minimum absolute atomic E-state index is 0.126. The molecule has 0 saturated carbocycles. The molecular formula is C25H30Cl2N4O11. The predicted octanol–water partition coefficient (Wildman–Crippen LogP) is 2.78. The van der Waals surface area contributed by atoms with Crippen LogP contribution in [0.15, 0.2) is 23.3 Å². The Labute approximate surface area is 250 Å². The minimum Gasteiger partial charge on any atom is -0.465 e. The van der Waals surface area contributed by atoms with Crippen molar-refractivity contribution in [3.8, 4) is 0 Å². The zero-order valence-electron chi connectivity index (χ0n) is 23.3. The van der Waals surface area contributed by atoms with Crippen molar-refractivity contribution >= 4 is 53.0 Å². The average molecular weight is 633 g/mol. The summed E-state index contributed by atoms with van der Waals surface area (Å²) in [6.45, 7) is 3.42. The summed E-state index contributed by atoms with van der Waals surface area (Å²) in [6.07, 6.45) is -6.62. The summed E-state index contributed by atoms with van der Waals surface area (Å²) >= 11 is 12.4. The maximum atomic E-state index is 13.3. The van der Waals surface area contributed by atoms with E-state index in [2.05, 4.69) is 15.3 Å². The summed E-state index contributed by atoms with van der Waals surface area (Å²) in [5.41, 5.74) is 9.25. The molecule has 0 spiro atoms. The molecule has 0 aliphatic carbocycles.